The molecule has 2 aromatic heterocycles. The Morgan fingerprint density at radius 1 is 1.00 bits per heavy atom. The number of hydrogen-bond acceptors (Lipinski definition) is 6. The lowest BCUT2D eigenvalue weighted by Crippen LogP contribution is -1.97. The Morgan fingerprint density at radius 3 is 2.56 bits per heavy atom. The zero-order chi connectivity index (χ0) is 17.2. The molecule has 4 rings (SSSR count). The van der Waals surface area contributed by atoms with E-state index in [4.69, 9.17) is 9.72 Å². The number of rotatable bonds is 4. The van der Waals surface area contributed by atoms with Gasteiger partial charge >= 0.3 is 0 Å². The van der Waals surface area contributed by atoms with Gasteiger partial charge in [0.05, 0.1) is 7.11 Å². The van der Waals surface area contributed by atoms with Gasteiger partial charge in [-0.25, -0.2) is 15.0 Å². The van der Waals surface area contributed by atoms with Gasteiger partial charge in [0.15, 0.2) is 5.82 Å². The molecule has 0 amide bonds. The Hall–Kier alpha value is -2.99. The highest BCUT2D eigenvalue weighted by Crippen LogP contribution is 2.33. The Kier molecular flexibility index (Phi) is 4.03. The summed E-state index contributed by atoms with van der Waals surface area (Å²) in [6.45, 7) is 2.06. The Bertz CT molecular complexity index is 1030. The topological polar surface area (TPSA) is 59.9 Å². The van der Waals surface area contributed by atoms with Crippen LogP contribution in [0.1, 0.15) is 5.56 Å². The number of methoxy groups -OCH3 is 1. The minimum atomic E-state index is 0.718. The largest absolute Gasteiger partial charge is 0.497 e. The number of thiazole rings is 1. The van der Waals surface area contributed by atoms with Gasteiger partial charge < -0.3 is 10.1 Å². The van der Waals surface area contributed by atoms with Crippen LogP contribution in [0.25, 0.3) is 20.9 Å². The molecule has 0 aliphatic carbocycles. The maximum atomic E-state index is 5.21. The van der Waals surface area contributed by atoms with E-state index >= 15 is 0 Å². The fourth-order valence-corrected chi connectivity index (χ4v) is 3.46. The maximum absolute atomic E-state index is 5.21. The lowest BCUT2D eigenvalue weighted by atomic mass is 10.2. The SMILES string of the molecule is COc1ccc(-c2nc3c(Nc4ccccc4C)ncnc3s2)cc1. The summed E-state index contributed by atoms with van der Waals surface area (Å²) in [6.07, 6.45) is 1.57. The first kappa shape index (κ1) is 15.5. The fraction of sp³-hybridized carbons (Fsp3) is 0.105. The van der Waals surface area contributed by atoms with Crippen molar-refractivity contribution in [2.45, 2.75) is 6.92 Å². The van der Waals surface area contributed by atoms with Gasteiger partial charge in [-0.2, -0.15) is 0 Å². The quantitative estimate of drug-likeness (QED) is 0.573. The number of ether oxygens (including phenoxy) is 1. The molecule has 0 aliphatic heterocycles. The van der Waals surface area contributed by atoms with Crippen LogP contribution >= 0.6 is 11.3 Å². The van der Waals surface area contributed by atoms with Crippen LogP contribution in [0.5, 0.6) is 5.75 Å². The van der Waals surface area contributed by atoms with Crippen LogP contribution in [-0.2, 0) is 0 Å². The predicted octanol–water partition coefficient (Wildman–Crippen LogP) is 4.81. The second kappa shape index (κ2) is 6.49. The summed E-state index contributed by atoms with van der Waals surface area (Å²) in [6, 6.07) is 16.0. The van der Waals surface area contributed by atoms with E-state index in [1.807, 2.05) is 42.5 Å². The average molecular weight is 348 g/mol. The second-order valence-corrected chi connectivity index (χ2v) is 6.54. The standard InChI is InChI=1S/C19H16N4OS/c1-12-5-3-4-6-15(12)22-17-16-19(21-11-20-17)25-18(23-16)13-7-9-14(24-2)10-8-13/h3-11H,1-2H3,(H,20,21,22). The van der Waals surface area contributed by atoms with E-state index in [0.29, 0.717) is 0 Å². The summed E-state index contributed by atoms with van der Waals surface area (Å²) in [5, 5.41) is 4.28. The van der Waals surface area contributed by atoms with E-state index in [1.165, 1.54) is 0 Å². The average Bonchev–Trinajstić information content (AvgIpc) is 3.09. The summed E-state index contributed by atoms with van der Waals surface area (Å²) >= 11 is 1.55. The third-order valence-electron chi connectivity index (χ3n) is 3.93. The Morgan fingerprint density at radius 2 is 1.80 bits per heavy atom. The van der Waals surface area contributed by atoms with Crippen molar-refractivity contribution in [3.63, 3.8) is 0 Å². The van der Waals surface area contributed by atoms with Gasteiger partial charge in [-0.05, 0) is 42.8 Å². The van der Waals surface area contributed by atoms with Crippen molar-refractivity contribution in [2.24, 2.45) is 0 Å². The summed E-state index contributed by atoms with van der Waals surface area (Å²) in [5.41, 5.74) is 3.98. The van der Waals surface area contributed by atoms with Gasteiger partial charge in [-0.1, -0.05) is 29.5 Å². The van der Waals surface area contributed by atoms with Crippen molar-refractivity contribution in [1.29, 1.82) is 0 Å². The molecule has 4 aromatic rings. The summed E-state index contributed by atoms with van der Waals surface area (Å²) in [5.74, 6) is 1.54. The van der Waals surface area contributed by atoms with Crippen LogP contribution < -0.4 is 10.1 Å². The zero-order valence-electron chi connectivity index (χ0n) is 13.9. The highest BCUT2D eigenvalue weighted by Gasteiger charge is 2.13. The van der Waals surface area contributed by atoms with Crippen LogP contribution in [-0.4, -0.2) is 22.1 Å². The summed E-state index contributed by atoms with van der Waals surface area (Å²) < 4.78 is 5.21. The second-order valence-electron chi connectivity index (χ2n) is 5.56. The molecule has 0 saturated heterocycles. The van der Waals surface area contributed by atoms with Crippen molar-refractivity contribution in [3.8, 4) is 16.3 Å². The molecule has 0 aliphatic rings. The van der Waals surface area contributed by atoms with Crippen molar-refractivity contribution >= 4 is 33.2 Å². The molecule has 2 aromatic carbocycles. The molecule has 25 heavy (non-hydrogen) atoms. The van der Waals surface area contributed by atoms with Gasteiger partial charge in [0.1, 0.15) is 27.4 Å². The van der Waals surface area contributed by atoms with Crippen molar-refractivity contribution in [3.05, 3.63) is 60.4 Å². The highest BCUT2D eigenvalue weighted by molar-refractivity contribution is 7.21. The van der Waals surface area contributed by atoms with Gasteiger partial charge in [0, 0.05) is 11.3 Å². The van der Waals surface area contributed by atoms with Crippen LogP contribution in [0.15, 0.2) is 54.9 Å². The van der Waals surface area contributed by atoms with Gasteiger partial charge in [-0.3, -0.25) is 0 Å². The molecule has 124 valence electrons. The molecule has 0 atom stereocenters. The van der Waals surface area contributed by atoms with Gasteiger partial charge in [0.25, 0.3) is 0 Å². The molecule has 0 fully saturated rings. The number of nitrogens with zero attached hydrogens (tertiary/aromatic N) is 3. The van der Waals surface area contributed by atoms with Crippen LogP contribution in [0.3, 0.4) is 0 Å². The molecular formula is C19H16N4OS. The Labute approximate surface area is 149 Å². The van der Waals surface area contributed by atoms with E-state index in [0.717, 1.165) is 43.7 Å². The molecule has 5 nitrogen and oxygen atoms in total. The third kappa shape index (κ3) is 3.04. The number of hydrogen-bond donors (Lipinski definition) is 1. The zero-order valence-corrected chi connectivity index (χ0v) is 14.7. The predicted molar refractivity (Wildman–Crippen MR) is 102 cm³/mol. The molecule has 2 heterocycles. The first-order chi connectivity index (χ1) is 12.2. The van der Waals surface area contributed by atoms with Crippen molar-refractivity contribution < 1.29 is 4.74 Å². The third-order valence-corrected chi connectivity index (χ3v) is 4.94. The summed E-state index contributed by atoms with van der Waals surface area (Å²) in [4.78, 5) is 14.4. The number of fused-ring (bicyclic) bond motifs is 1. The molecular weight excluding hydrogens is 332 g/mol. The lowest BCUT2D eigenvalue weighted by Gasteiger charge is -2.08. The van der Waals surface area contributed by atoms with Crippen LogP contribution in [0, 0.1) is 6.92 Å². The minimum Gasteiger partial charge on any atom is -0.497 e. The smallest absolute Gasteiger partial charge is 0.161 e. The number of benzene rings is 2. The molecule has 0 unspecified atom stereocenters. The van der Waals surface area contributed by atoms with Gasteiger partial charge in [-0.15, -0.1) is 0 Å². The monoisotopic (exact) mass is 348 g/mol. The normalized spacial score (nSPS) is 10.8. The maximum Gasteiger partial charge on any atom is 0.161 e. The molecule has 0 radical (unpaired) electrons. The van der Waals surface area contributed by atoms with E-state index in [9.17, 15) is 0 Å². The molecule has 0 bridgehead atoms. The van der Waals surface area contributed by atoms with E-state index in [1.54, 1.807) is 24.8 Å². The van der Waals surface area contributed by atoms with Crippen molar-refractivity contribution in [1.82, 2.24) is 15.0 Å². The number of anilines is 2. The molecule has 6 heteroatoms. The molecule has 0 saturated carbocycles. The lowest BCUT2D eigenvalue weighted by molar-refractivity contribution is 0.415. The fourth-order valence-electron chi connectivity index (χ4n) is 2.54. The minimum absolute atomic E-state index is 0.718. The summed E-state index contributed by atoms with van der Waals surface area (Å²) in [7, 11) is 1.66. The van der Waals surface area contributed by atoms with Crippen molar-refractivity contribution in [2.75, 3.05) is 12.4 Å². The first-order valence-electron chi connectivity index (χ1n) is 7.83. The van der Waals surface area contributed by atoms with E-state index in [2.05, 4.69) is 28.3 Å². The van der Waals surface area contributed by atoms with Crippen LogP contribution in [0.2, 0.25) is 0 Å². The first-order valence-corrected chi connectivity index (χ1v) is 8.65. The molecule has 0 spiro atoms. The number of para-hydroxylation sites is 1. The molecule has 1 N–H and O–H groups in total. The van der Waals surface area contributed by atoms with E-state index < -0.39 is 0 Å². The number of aryl methyl sites for hydroxylation is 1. The van der Waals surface area contributed by atoms with Crippen LogP contribution in [0.4, 0.5) is 11.5 Å². The Balaban J connectivity index is 1.74. The highest BCUT2D eigenvalue weighted by atomic mass is 32.1. The van der Waals surface area contributed by atoms with Gasteiger partial charge in [0.2, 0.25) is 0 Å². The number of nitrogens with one attached hydrogen (secondary N) is 1. The van der Waals surface area contributed by atoms with E-state index in [-0.39, 0.29) is 0 Å². The number of aromatic nitrogens is 3.